The van der Waals surface area contributed by atoms with Crippen LogP contribution in [0, 0.1) is 0 Å². The highest BCUT2D eigenvalue weighted by Crippen LogP contribution is 2.33. The predicted molar refractivity (Wildman–Crippen MR) is 82.9 cm³/mol. The van der Waals surface area contributed by atoms with Gasteiger partial charge in [0.15, 0.2) is 0 Å². The van der Waals surface area contributed by atoms with Gasteiger partial charge < -0.3 is 11.1 Å². The minimum atomic E-state index is 0.512. The van der Waals surface area contributed by atoms with Crippen molar-refractivity contribution >= 4 is 44.9 Å². The smallest absolute Gasteiger partial charge is 0.139 e. The lowest BCUT2D eigenvalue weighted by Crippen LogP contribution is -2.05. The quantitative estimate of drug-likeness (QED) is 0.876. The van der Waals surface area contributed by atoms with Gasteiger partial charge in [-0.25, -0.2) is 9.97 Å². The van der Waals surface area contributed by atoms with Gasteiger partial charge >= 0.3 is 0 Å². The zero-order valence-corrected chi connectivity index (χ0v) is 12.8. The van der Waals surface area contributed by atoms with E-state index in [1.54, 1.807) is 0 Å². The Bertz CT molecular complexity index is 589. The summed E-state index contributed by atoms with van der Waals surface area (Å²) in [6.45, 7) is 2.09. The number of halogens is 2. The largest absolute Gasteiger partial charge is 0.383 e. The van der Waals surface area contributed by atoms with E-state index in [1.807, 2.05) is 18.2 Å². The zero-order valence-electron chi connectivity index (χ0n) is 10.5. The highest BCUT2D eigenvalue weighted by atomic mass is 79.9. The fraction of sp³-hybridized carbons (Fsp3) is 0.231. The van der Waals surface area contributed by atoms with Crippen LogP contribution in [0.5, 0.6) is 0 Å². The van der Waals surface area contributed by atoms with Crippen molar-refractivity contribution in [3.63, 3.8) is 0 Å². The molecule has 0 radical (unpaired) electrons. The molecular formula is C13H14BrClN4. The maximum atomic E-state index is 6.07. The molecule has 0 bridgehead atoms. The van der Waals surface area contributed by atoms with Crippen molar-refractivity contribution in [3.8, 4) is 0 Å². The highest BCUT2D eigenvalue weighted by molar-refractivity contribution is 9.10. The normalized spacial score (nSPS) is 10.5. The second-order valence-corrected chi connectivity index (χ2v) is 5.26. The Balaban J connectivity index is 2.38. The standard InChI is InChI=1S/C13H14BrClN4/c1-2-4-8-12(16)17-7-18-13(8)19-10-6-3-5-9(15)11(10)14/h3,5-7H,2,4H2,1H3,(H3,16,17,18,19). The first-order valence-corrected chi connectivity index (χ1v) is 7.11. The van der Waals surface area contributed by atoms with E-state index in [0.29, 0.717) is 10.8 Å². The van der Waals surface area contributed by atoms with Crippen LogP contribution in [0.4, 0.5) is 17.3 Å². The van der Waals surface area contributed by atoms with Crippen LogP contribution in [-0.4, -0.2) is 9.97 Å². The van der Waals surface area contributed by atoms with E-state index in [9.17, 15) is 0 Å². The molecule has 0 spiro atoms. The summed E-state index contributed by atoms with van der Waals surface area (Å²) in [6.07, 6.45) is 3.26. The molecule has 3 N–H and O–H groups in total. The average molecular weight is 342 g/mol. The maximum absolute atomic E-state index is 6.07. The van der Waals surface area contributed by atoms with Gasteiger partial charge in [-0.2, -0.15) is 0 Å². The maximum Gasteiger partial charge on any atom is 0.139 e. The molecule has 19 heavy (non-hydrogen) atoms. The molecule has 0 aliphatic heterocycles. The van der Waals surface area contributed by atoms with Gasteiger partial charge in [0, 0.05) is 5.56 Å². The van der Waals surface area contributed by atoms with Crippen LogP contribution in [0.1, 0.15) is 18.9 Å². The van der Waals surface area contributed by atoms with Crippen LogP contribution in [0.15, 0.2) is 29.0 Å². The third-order valence-electron chi connectivity index (χ3n) is 2.68. The second-order valence-electron chi connectivity index (χ2n) is 4.06. The number of anilines is 3. The molecule has 0 fully saturated rings. The minimum absolute atomic E-state index is 0.512. The second kappa shape index (κ2) is 6.21. The Morgan fingerprint density at radius 1 is 1.37 bits per heavy atom. The fourth-order valence-corrected chi connectivity index (χ4v) is 2.30. The number of rotatable bonds is 4. The van der Waals surface area contributed by atoms with E-state index in [-0.39, 0.29) is 0 Å². The Hall–Kier alpha value is -1.33. The molecule has 0 atom stereocenters. The molecule has 1 aromatic heterocycles. The molecule has 100 valence electrons. The van der Waals surface area contributed by atoms with Crippen molar-refractivity contribution < 1.29 is 0 Å². The van der Waals surface area contributed by atoms with Crippen LogP contribution in [0.25, 0.3) is 0 Å². The predicted octanol–water partition coefficient (Wildman–Crippen LogP) is 4.17. The first-order valence-electron chi connectivity index (χ1n) is 5.93. The average Bonchev–Trinajstić information content (AvgIpc) is 2.39. The summed E-state index contributed by atoms with van der Waals surface area (Å²) in [7, 11) is 0. The Kier molecular flexibility index (Phi) is 4.61. The van der Waals surface area contributed by atoms with Crippen molar-refractivity contribution in [2.24, 2.45) is 0 Å². The van der Waals surface area contributed by atoms with Crippen LogP contribution in [0.2, 0.25) is 5.02 Å². The lowest BCUT2D eigenvalue weighted by atomic mass is 10.1. The Morgan fingerprint density at radius 2 is 2.16 bits per heavy atom. The van der Waals surface area contributed by atoms with Crippen LogP contribution >= 0.6 is 27.5 Å². The van der Waals surface area contributed by atoms with Gasteiger partial charge in [0.2, 0.25) is 0 Å². The Labute approximate surface area is 125 Å². The number of nitrogen functional groups attached to an aromatic ring is 1. The molecule has 0 aliphatic rings. The first-order chi connectivity index (χ1) is 9.13. The van der Waals surface area contributed by atoms with E-state index < -0.39 is 0 Å². The molecule has 2 aromatic rings. The van der Waals surface area contributed by atoms with Crippen molar-refractivity contribution in [3.05, 3.63) is 39.6 Å². The summed E-state index contributed by atoms with van der Waals surface area (Å²) < 4.78 is 0.802. The number of aromatic nitrogens is 2. The molecule has 6 heteroatoms. The number of hydrogen-bond acceptors (Lipinski definition) is 4. The minimum Gasteiger partial charge on any atom is -0.383 e. The summed E-state index contributed by atoms with van der Waals surface area (Å²) >= 11 is 9.52. The molecule has 1 heterocycles. The highest BCUT2D eigenvalue weighted by Gasteiger charge is 2.11. The van der Waals surface area contributed by atoms with Gasteiger partial charge in [-0.1, -0.05) is 31.0 Å². The molecule has 0 saturated carbocycles. The van der Waals surface area contributed by atoms with E-state index in [0.717, 1.165) is 34.4 Å². The lowest BCUT2D eigenvalue weighted by Gasteiger charge is -2.13. The molecule has 1 aromatic carbocycles. The summed E-state index contributed by atoms with van der Waals surface area (Å²) in [4.78, 5) is 8.29. The van der Waals surface area contributed by atoms with Crippen LogP contribution in [0.3, 0.4) is 0 Å². The molecule has 4 nitrogen and oxygen atoms in total. The fourth-order valence-electron chi connectivity index (χ4n) is 1.76. The first kappa shape index (κ1) is 14.1. The van der Waals surface area contributed by atoms with Gasteiger partial charge in [-0.3, -0.25) is 0 Å². The summed E-state index contributed by atoms with van der Waals surface area (Å²) in [5, 5.41) is 3.89. The third-order valence-corrected chi connectivity index (χ3v) is 4.08. The van der Waals surface area contributed by atoms with Gasteiger partial charge in [0.1, 0.15) is 18.0 Å². The molecule has 0 saturated heterocycles. The number of nitrogens with two attached hydrogens (primary N) is 1. The third kappa shape index (κ3) is 3.16. The SMILES string of the molecule is CCCc1c(N)ncnc1Nc1cccc(Cl)c1Br. The van der Waals surface area contributed by atoms with Crippen molar-refractivity contribution in [1.82, 2.24) is 9.97 Å². The number of hydrogen-bond donors (Lipinski definition) is 2. The van der Waals surface area contributed by atoms with E-state index in [1.165, 1.54) is 6.33 Å². The number of benzene rings is 1. The molecule has 0 aliphatic carbocycles. The zero-order chi connectivity index (χ0) is 13.8. The van der Waals surface area contributed by atoms with Crippen LogP contribution in [-0.2, 0) is 6.42 Å². The monoisotopic (exact) mass is 340 g/mol. The van der Waals surface area contributed by atoms with Gasteiger partial charge in [-0.05, 0) is 34.5 Å². The summed E-state index contributed by atoms with van der Waals surface area (Å²) in [5.74, 6) is 1.23. The number of nitrogens with zero attached hydrogens (tertiary/aromatic N) is 2. The van der Waals surface area contributed by atoms with E-state index in [4.69, 9.17) is 17.3 Å². The molecule has 2 rings (SSSR count). The van der Waals surface area contributed by atoms with Crippen molar-refractivity contribution in [2.45, 2.75) is 19.8 Å². The van der Waals surface area contributed by atoms with Crippen molar-refractivity contribution in [1.29, 1.82) is 0 Å². The molecule has 0 amide bonds. The summed E-state index contributed by atoms with van der Waals surface area (Å²) in [6, 6.07) is 5.61. The topological polar surface area (TPSA) is 63.8 Å². The van der Waals surface area contributed by atoms with Gasteiger partial charge in [-0.15, -0.1) is 0 Å². The lowest BCUT2D eigenvalue weighted by molar-refractivity contribution is 0.908. The molecule has 0 unspecified atom stereocenters. The molecular weight excluding hydrogens is 328 g/mol. The number of nitrogens with one attached hydrogen (secondary N) is 1. The van der Waals surface area contributed by atoms with Gasteiger partial charge in [0.25, 0.3) is 0 Å². The van der Waals surface area contributed by atoms with E-state index in [2.05, 4.69) is 38.1 Å². The summed E-state index contributed by atoms with van der Waals surface area (Å²) in [5.41, 5.74) is 7.68. The van der Waals surface area contributed by atoms with Crippen LogP contribution < -0.4 is 11.1 Å². The Morgan fingerprint density at radius 3 is 2.89 bits per heavy atom. The van der Waals surface area contributed by atoms with Crippen molar-refractivity contribution in [2.75, 3.05) is 11.1 Å². The van der Waals surface area contributed by atoms with Gasteiger partial charge in [0.05, 0.1) is 15.2 Å². The van der Waals surface area contributed by atoms with E-state index >= 15 is 0 Å².